The number of halogens is 2. The van der Waals surface area contributed by atoms with Gasteiger partial charge in [-0.2, -0.15) is 5.26 Å². The fraction of sp³-hybridized carbons (Fsp3) is 0.462. The number of benzene rings is 1. The van der Waals surface area contributed by atoms with Crippen molar-refractivity contribution >= 4 is 31.3 Å². The van der Waals surface area contributed by atoms with Crippen LogP contribution < -0.4 is 4.74 Å². The number of rotatable bonds is 6. The number of nitrogens with zero attached hydrogens (tertiary/aromatic N) is 1. The van der Waals surface area contributed by atoms with Crippen molar-refractivity contribution in [3.63, 3.8) is 0 Å². The van der Waals surface area contributed by atoms with Crippen LogP contribution in [0.5, 0.6) is 5.75 Å². The Labute approximate surface area is 128 Å². The number of ether oxygens (including phenoxy) is 1. The summed E-state index contributed by atoms with van der Waals surface area (Å²) in [4.78, 5) is -0.0675. The highest BCUT2D eigenvalue weighted by Crippen LogP contribution is 2.29. The molecule has 0 aliphatic heterocycles. The normalized spacial score (nSPS) is 11.9. The molecule has 0 saturated carbocycles. The molecule has 7 heteroatoms. The highest BCUT2D eigenvalue weighted by molar-refractivity contribution is 8.13. The van der Waals surface area contributed by atoms with E-state index in [1.807, 2.05) is 13.8 Å². The molecule has 0 aliphatic rings. The molecule has 0 spiro atoms. The first-order chi connectivity index (χ1) is 9.15. The maximum atomic E-state index is 11.1. The highest BCUT2D eigenvalue weighted by atomic mass is 35.7. The fourth-order valence-corrected chi connectivity index (χ4v) is 2.58. The lowest BCUT2D eigenvalue weighted by molar-refractivity contribution is 0.284. The van der Waals surface area contributed by atoms with Gasteiger partial charge < -0.3 is 4.74 Å². The lowest BCUT2D eigenvalue weighted by Gasteiger charge is -2.15. The maximum absolute atomic E-state index is 11.1. The first-order valence-corrected chi connectivity index (χ1v) is 8.63. The molecular weight excluding hydrogens is 321 g/mol. The summed E-state index contributed by atoms with van der Waals surface area (Å²) >= 11 is 5.93. The van der Waals surface area contributed by atoms with Gasteiger partial charge >= 0.3 is 0 Å². The van der Waals surface area contributed by atoms with Gasteiger partial charge in [-0.15, -0.1) is 0 Å². The Morgan fingerprint density at radius 2 is 2.05 bits per heavy atom. The summed E-state index contributed by atoms with van der Waals surface area (Å²) in [5, 5.41) is 9.07. The molecule has 0 amide bonds. The predicted octanol–water partition coefficient (Wildman–Crippen LogP) is 3.98. The van der Waals surface area contributed by atoms with Gasteiger partial charge in [0.25, 0.3) is 9.05 Å². The first kappa shape index (κ1) is 17.1. The van der Waals surface area contributed by atoms with Gasteiger partial charge in [-0.1, -0.05) is 11.6 Å². The second-order valence-electron chi connectivity index (χ2n) is 4.98. The van der Waals surface area contributed by atoms with Gasteiger partial charge in [-0.3, -0.25) is 0 Å². The van der Waals surface area contributed by atoms with Gasteiger partial charge in [0.2, 0.25) is 0 Å². The second kappa shape index (κ2) is 6.66. The molecule has 0 unspecified atom stereocenters. The van der Waals surface area contributed by atoms with Crippen molar-refractivity contribution < 1.29 is 13.2 Å². The summed E-state index contributed by atoms with van der Waals surface area (Å²) in [7, 11) is 1.42. The van der Waals surface area contributed by atoms with Gasteiger partial charge in [0.05, 0.1) is 28.0 Å². The van der Waals surface area contributed by atoms with Gasteiger partial charge in [0.1, 0.15) is 5.75 Å². The molecule has 0 fully saturated rings. The molecule has 0 aliphatic carbocycles. The molecule has 110 valence electrons. The average Bonchev–Trinajstić information content (AvgIpc) is 2.35. The van der Waals surface area contributed by atoms with E-state index in [9.17, 15) is 8.42 Å². The molecule has 0 heterocycles. The lowest BCUT2D eigenvalue weighted by Crippen LogP contribution is -2.10. The summed E-state index contributed by atoms with van der Waals surface area (Å²) in [6, 6.07) is 6.26. The first-order valence-electron chi connectivity index (χ1n) is 5.94. The average molecular weight is 336 g/mol. The molecule has 0 N–H and O–H groups in total. The molecule has 0 aromatic heterocycles. The van der Waals surface area contributed by atoms with E-state index in [4.69, 9.17) is 32.3 Å². The van der Waals surface area contributed by atoms with Crippen LogP contribution in [-0.4, -0.2) is 15.0 Å². The van der Waals surface area contributed by atoms with E-state index in [0.717, 1.165) is 0 Å². The van der Waals surface area contributed by atoms with E-state index in [0.29, 0.717) is 25.2 Å². The van der Waals surface area contributed by atoms with Crippen LogP contribution in [0.2, 0.25) is 5.02 Å². The summed E-state index contributed by atoms with van der Waals surface area (Å²) in [6.07, 6.45) is 1.40. The van der Waals surface area contributed by atoms with Crippen LogP contribution in [0, 0.1) is 16.7 Å². The molecule has 4 nitrogen and oxygen atoms in total. The Morgan fingerprint density at radius 3 is 2.55 bits per heavy atom. The Bertz CT molecular complexity index is 621. The number of nitriles is 1. The monoisotopic (exact) mass is 335 g/mol. The second-order valence-corrected chi connectivity index (χ2v) is 7.95. The minimum absolute atomic E-state index is 0.0675. The summed E-state index contributed by atoms with van der Waals surface area (Å²) in [5.41, 5.74) is -0.385. The third-order valence-corrected chi connectivity index (χ3v) is 4.34. The minimum atomic E-state index is -3.79. The topological polar surface area (TPSA) is 67.2 Å². The summed E-state index contributed by atoms with van der Waals surface area (Å²) in [5.74, 6) is 0.394. The van der Waals surface area contributed by atoms with Crippen molar-refractivity contribution in [2.45, 2.75) is 31.6 Å². The number of hydrogen-bond acceptors (Lipinski definition) is 4. The Balaban J connectivity index is 2.61. The van der Waals surface area contributed by atoms with E-state index >= 15 is 0 Å². The molecule has 1 aromatic carbocycles. The van der Waals surface area contributed by atoms with E-state index < -0.39 is 9.05 Å². The Kier molecular flexibility index (Phi) is 5.69. The third kappa shape index (κ3) is 5.20. The van der Waals surface area contributed by atoms with Crippen LogP contribution in [0.25, 0.3) is 0 Å². The van der Waals surface area contributed by atoms with Crippen LogP contribution in [-0.2, 0) is 9.05 Å². The number of hydrogen-bond donors (Lipinski definition) is 0. The van der Waals surface area contributed by atoms with E-state index in [2.05, 4.69) is 6.07 Å². The zero-order valence-corrected chi connectivity index (χ0v) is 13.5. The standard InChI is InChI=1S/C13H15Cl2NO3S/c1-13(2,9-16)6-3-7-19-12-5-4-10(8-11(12)14)20(15,17)18/h4-5,8H,3,6-7H2,1-2H3. The molecule has 0 saturated heterocycles. The highest BCUT2D eigenvalue weighted by Gasteiger charge is 2.16. The Hall–Kier alpha value is -0.960. The predicted molar refractivity (Wildman–Crippen MR) is 78.6 cm³/mol. The quantitative estimate of drug-likeness (QED) is 0.582. The van der Waals surface area contributed by atoms with Crippen LogP contribution in [0.3, 0.4) is 0 Å². The molecular formula is C13H15Cl2NO3S. The molecule has 0 radical (unpaired) electrons. The largest absolute Gasteiger partial charge is 0.492 e. The van der Waals surface area contributed by atoms with Gasteiger partial charge in [0.15, 0.2) is 0 Å². The smallest absolute Gasteiger partial charge is 0.261 e. The van der Waals surface area contributed by atoms with E-state index in [1.54, 1.807) is 0 Å². The SMILES string of the molecule is CC(C)(C#N)CCCOc1ccc(S(=O)(=O)Cl)cc1Cl. The van der Waals surface area contributed by atoms with Crippen LogP contribution >= 0.6 is 22.3 Å². The third-order valence-electron chi connectivity index (χ3n) is 2.69. The van der Waals surface area contributed by atoms with Crippen molar-refractivity contribution in [2.75, 3.05) is 6.61 Å². The molecule has 1 aromatic rings. The lowest BCUT2D eigenvalue weighted by atomic mass is 9.90. The van der Waals surface area contributed by atoms with Gasteiger partial charge in [-0.25, -0.2) is 8.42 Å². The van der Waals surface area contributed by atoms with E-state index in [-0.39, 0.29) is 15.3 Å². The minimum Gasteiger partial charge on any atom is -0.492 e. The van der Waals surface area contributed by atoms with Crippen molar-refractivity contribution in [3.05, 3.63) is 23.2 Å². The molecule has 0 atom stereocenters. The van der Waals surface area contributed by atoms with Crippen molar-refractivity contribution in [3.8, 4) is 11.8 Å². The van der Waals surface area contributed by atoms with Crippen LogP contribution in [0.4, 0.5) is 0 Å². The molecule has 1 rings (SSSR count). The molecule has 0 bridgehead atoms. The van der Waals surface area contributed by atoms with Gasteiger partial charge in [0, 0.05) is 10.7 Å². The zero-order valence-electron chi connectivity index (χ0n) is 11.2. The van der Waals surface area contributed by atoms with Gasteiger partial charge in [-0.05, 0) is 44.9 Å². The zero-order chi connectivity index (χ0) is 15.4. The molecule has 20 heavy (non-hydrogen) atoms. The fourth-order valence-electron chi connectivity index (χ4n) is 1.50. The summed E-state index contributed by atoms with van der Waals surface area (Å²) in [6.45, 7) is 4.12. The summed E-state index contributed by atoms with van der Waals surface area (Å²) < 4.78 is 27.7. The van der Waals surface area contributed by atoms with Crippen LogP contribution in [0.1, 0.15) is 26.7 Å². The van der Waals surface area contributed by atoms with Crippen molar-refractivity contribution in [1.29, 1.82) is 5.26 Å². The Morgan fingerprint density at radius 1 is 1.40 bits per heavy atom. The van der Waals surface area contributed by atoms with Crippen molar-refractivity contribution in [2.24, 2.45) is 5.41 Å². The van der Waals surface area contributed by atoms with Crippen molar-refractivity contribution in [1.82, 2.24) is 0 Å². The maximum Gasteiger partial charge on any atom is 0.261 e. The van der Waals surface area contributed by atoms with E-state index in [1.165, 1.54) is 18.2 Å². The van der Waals surface area contributed by atoms with Crippen LogP contribution in [0.15, 0.2) is 23.1 Å².